The van der Waals surface area contributed by atoms with Crippen LogP contribution in [0.3, 0.4) is 0 Å². The Bertz CT molecular complexity index is 2110. The topological polar surface area (TPSA) is 134 Å². The number of nitrogens with zero attached hydrogens (tertiary/aromatic N) is 5. The summed E-state index contributed by atoms with van der Waals surface area (Å²) >= 11 is 0. The number of imidazole rings is 3. The van der Waals surface area contributed by atoms with Crippen LogP contribution in [-0.2, 0) is 7.05 Å². The number of hydrogen-bond donors (Lipinski definition) is 3. The zero-order valence-corrected chi connectivity index (χ0v) is 20.0. The van der Waals surface area contributed by atoms with Gasteiger partial charge in [-0.25, -0.2) is 24.5 Å². The van der Waals surface area contributed by atoms with Crippen LogP contribution < -0.4 is 5.69 Å². The third-order valence-electron chi connectivity index (χ3n) is 6.70. The Balaban J connectivity index is 1.58. The van der Waals surface area contributed by atoms with Gasteiger partial charge in [-0.3, -0.25) is 4.57 Å². The second-order valence-corrected chi connectivity index (χ2v) is 9.05. The zero-order chi connectivity index (χ0) is 26.0. The minimum atomic E-state index is -1.03. The minimum Gasteiger partial charge on any atom is -0.478 e. The van der Waals surface area contributed by atoms with E-state index in [1.165, 1.54) is 0 Å². The van der Waals surface area contributed by atoms with Crippen molar-refractivity contribution in [2.75, 3.05) is 0 Å². The van der Waals surface area contributed by atoms with E-state index in [1.807, 2.05) is 64.7 Å². The number of aryl methyl sites for hydroxylation is 1. The smallest absolute Gasteiger partial charge is 0.335 e. The van der Waals surface area contributed by atoms with Gasteiger partial charge in [0.25, 0.3) is 0 Å². The molecule has 0 aliphatic rings. The average molecular weight is 502 g/mol. The van der Waals surface area contributed by atoms with E-state index in [-0.39, 0.29) is 11.3 Å². The molecule has 0 aliphatic carbocycles. The first-order valence-electron chi connectivity index (χ1n) is 11.8. The molecule has 0 amide bonds. The first-order valence-corrected chi connectivity index (χ1v) is 11.8. The summed E-state index contributed by atoms with van der Waals surface area (Å²) in [6.07, 6.45) is 3.49. The van der Waals surface area contributed by atoms with Crippen molar-refractivity contribution >= 4 is 38.9 Å². The maximum Gasteiger partial charge on any atom is 0.335 e. The molecular formula is C28H19N7O3. The highest BCUT2D eigenvalue weighted by atomic mass is 16.4. The summed E-state index contributed by atoms with van der Waals surface area (Å²) in [6, 6.07) is 20.3. The molecular weight excluding hydrogens is 482 g/mol. The molecule has 184 valence electrons. The lowest BCUT2D eigenvalue weighted by molar-refractivity contribution is 0.0697. The van der Waals surface area contributed by atoms with Gasteiger partial charge in [-0.15, -0.1) is 0 Å². The monoisotopic (exact) mass is 501 g/mol. The number of pyridine rings is 1. The Kier molecular flexibility index (Phi) is 4.58. The van der Waals surface area contributed by atoms with Crippen molar-refractivity contribution in [2.45, 2.75) is 0 Å². The molecule has 0 spiro atoms. The zero-order valence-electron chi connectivity index (χ0n) is 20.0. The fraction of sp³-hybridized carbons (Fsp3) is 0.0357. The molecule has 0 fully saturated rings. The lowest BCUT2D eigenvalue weighted by atomic mass is 10.1. The third kappa shape index (κ3) is 3.31. The number of para-hydroxylation sites is 1. The maximum atomic E-state index is 11.9. The van der Waals surface area contributed by atoms with Crippen molar-refractivity contribution < 1.29 is 9.90 Å². The van der Waals surface area contributed by atoms with E-state index in [4.69, 9.17) is 9.97 Å². The van der Waals surface area contributed by atoms with Gasteiger partial charge < -0.3 is 19.6 Å². The van der Waals surface area contributed by atoms with Gasteiger partial charge in [-0.05, 0) is 48.5 Å². The van der Waals surface area contributed by atoms with Crippen LogP contribution in [0.2, 0.25) is 0 Å². The van der Waals surface area contributed by atoms with Gasteiger partial charge in [-0.1, -0.05) is 18.2 Å². The molecule has 4 aromatic heterocycles. The van der Waals surface area contributed by atoms with E-state index in [1.54, 1.807) is 30.7 Å². The molecule has 4 heterocycles. The molecule has 0 saturated carbocycles. The molecule has 0 radical (unpaired) electrons. The number of benzene rings is 3. The number of hydrogen-bond acceptors (Lipinski definition) is 5. The van der Waals surface area contributed by atoms with E-state index in [2.05, 4.69) is 15.0 Å². The maximum absolute atomic E-state index is 11.9. The van der Waals surface area contributed by atoms with Gasteiger partial charge in [0.1, 0.15) is 5.82 Å². The molecule has 0 bridgehead atoms. The Labute approximate surface area is 213 Å². The van der Waals surface area contributed by atoms with Crippen molar-refractivity contribution in [2.24, 2.45) is 7.05 Å². The highest BCUT2D eigenvalue weighted by molar-refractivity contribution is 5.99. The number of fused-ring (bicyclic) bond motifs is 3. The van der Waals surface area contributed by atoms with Gasteiger partial charge >= 0.3 is 11.7 Å². The quantitative estimate of drug-likeness (QED) is 0.325. The van der Waals surface area contributed by atoms with Crippen molar-refractivity contribution in [3.63, 3.8) is 0 Å². The first-order chi connectivity index (χ1) is 18.5. The van der Waals surface area contributed by atoms with Crippen LogP contribution in [-0.4, -0.2) is 45.1 Å². The molecule has 10 nitrogen and oxygen atoms in total. The lowest BCUT2D eigenvalue weighted by Crippen LogP contribution is -2.01. The standard InChI is InChI=1S/C28H19N7O3/c1-34-14-29-13-25(34)23-12-18(17-4-2-3-5-19(17)30-23)26-31-22-10-15(27(36)37)6-9-24(22)35(26)16-7-8-20-21(11-16)33-28(38)32-20/h2-14H,1H3,(H,36,37)(H2,32,33,38). The molecule has 0 saturated heterocycles. The molecule has 0 unspecified atom stereocenters. The molecule has 3 N–H and O–H groups in total. The fourth-order valence-electron chi connectivity index (χ4n) is 4.91. The Morgan fingerprint density at radius 2 is 1.76 bits per heavy atom. The van der Waals surface area contributed by atoms with Crippen LogP contribution >= 0.6 is 0 Å². The Morgan fingerprint density at radius 1 is 0.921 bits per heavy atom. The summed E-state index contributed by atoms with van der Waals surface area (Å²) in [5.74, 6) is -0.413. The van der Waals surface area contributed by atoms with E-state index in [0.717, 1.165) is 39.1 Å². The van der Waals surface area contributed by atoms with Gasteiger partial charge in [-0.2, -0.15) is 0 Å². The largest absolute Gasteiger partial charge is 0.478 e. The molecule has 0 atom stereocenters. The number of H-pyrrole nitrogens is 2. The van der Waals surface area contributed by atoms with Crippen LogP contribution in [0.5, 0.6) is 0 Å². The predicted molar refractivity (Wildman–Crippen MR) is 143 cm³/mol. The van der Waals surface area contributed by atoms with Gasteiger partial charge in [0, 0.05) is 23.7 Å². The number of carboxylic acids is 1. The highest BCUT2D eigenvalue weighted by Gasteiger charge is 2.20. The molecule has 7 rings (SSSR count). The van der Waals surface area contributed by atoms with E-state index >= 15 is 0 Å². The number of rotatable bonds is 4. The van der Waals surface area contributed by atoms with Crippen LogP contribution in [0.4, 0.5) is 0 Å². The van der Waals surface area contributed by atoms with Crippen LogP contribution in [0.15, 0.2) is 84.0 Å². The molecule has 10 heteroatoms. The number of carbonyl (C=O) groups is 1. The summed E-state index contributed by atoms with van der Waals surface area (Å²) < 4.78 is 3.87. The summed E-state index contributed by atoms with van der Waals surface area (Å²) in [5.41, 5.74) is 6.40. The number of aromatic amines is 2. The van der Waals surface area contributed by atoms with Gasteiger partial charge in [0.2, 0.25) is 0 Å². The summed E-state index contributed by atoms with van der Waals surface area (Å²) in [6.45, 7) is 0. The summed E-state index contributed by atoms with van der Waals surface area (Å²) in [7, 11) is 1.91. The molecule has 7 aromatic rings. The number of carboxylic acid groups (broad SMARTS) is 1. The second-order valence-electron chi connectivity index (χ2n) is 9.05. The number of nitrogens with one attached hydrogen (secondary N) is 2. The summed E-state index contributed by atoms with van der Waals surface area (Å²) in [5, 5.41) is 10.5. The molecule has 38 heavy (non-hydrogen) atoms. The molecule has 0 aliphatic heterocycles. The Morgan fingerprint density at radius 3 is 2.58 bits per heavy atom. The van der Waals surface area contributed by atoms with E-state index in [0.29, 0.717) is 22.4 Å². The summed E-state index contributed by atoms with van der Waals surface area (Å²) in [4.78, 5) is 43.3. The average Bonchev–Trinajstić information content (AvgIpc) is 3.62. The van der Waals surface area contributed by atoms with Crippen molar-refractivity contribution in [1.82, 2.24) is 34.1 Å². The number of aromatic carboxylic acids is 1. The Hall–Kier alpha value is -5.51. The second kappa shape index (κ2) is 8.00. The van der Waals surface area contributed by atoms with Crippen LogP contribution in [0.1, 0.15) is 10.4 Å². The molecule has 3 aromatic carbocycles. The predicted octanol–water partition coefficient (Wildman–Crippen LogP) is 4.51. The van der Waals surface area contributed by atoms with Crippen molar-refractivity contribution in [3.05, 3.63) is 95.3 Å². The van der Waals surface area contributed by atoms with E-state index in [9.17, 15) is 14.7 Å². The van der Waals surface area contributed by atoms with Crippen molar-refractivity contribution in [1.29, 1.82) is 0 Å². The van der Waals surface area contributed by atoms with Crippen molar-refractivity contribution in [3.8, 4) is 28.5 Å². The number of aromatic nitrogens is 7. The highest BCUT2D eigenvalue weighted by Crippen LogP contribution is 2.36. The van der Waals surface area contributed by atoms with Crippen LogP contribution in [0.25, 0.3) is 61.4 Å². The lowest BCUT2D eigenvalue weighted by Gasteiger charge is -2.13. The fourth-order valence-corrected chi connectivity index (χ4v) is 4.91. The van der Waals surface area contributed by atoms with Crippen LogP contribution in [0, 0.1) is 0 Å². The first kappa shape index (κ1) is 21.7. The van der Waals surface area contributed by atoms with E-state index < -0.39 is 5.97 Å². The van der Waals surface area contributed by atoms with Gasteiger partial charge in [0.05, 0.1) is 57.1 Å². The van der Waals surface area contributed by atoms with Gasteiger partial charge in [0.15, 0.2) is 0 Å². The normalized spacial score (nSPS) is 11.6. The minimum absolute atomic E-state index is 0.147. The SMILES string of the molecule is Cn1cncc1-c1cc(-c2nc3cc(C(=O)O)ccc3n2-c2ccc3[nH]c(=O)[nH]c3c2)c2ccccc2n1. The third-order valence-corrected chi connectivity index (χ3v) is 6.70.